The van der Waals surface area contributed by atoms with Crippen molar-refractivity contribution in [2.45, 2.75) is 13.8 Å². The highest BCUT2D eigenvalue weighted by Crippen LogP contribution is 2.28. The molecule has 0 aliphatic heterocycles. The Hall–Kier alpha value is -2.93. The Kier molecular flexibility index (Phi) is 5.48. The molecule has 3 aromatic rings. The van der Waals surface area contributed by atoms with E-state index in [0.717, 1.165) is 5.69 Å². The second-order valence-corrected chi connectivity index (χ2v) is 6.51. The quantitative estimate of drug-likeness (QED) is 0.715. The van der Waals surface area contributed by atoms with Gasteiger partial charge in [-0.2, -0.15) is 0 Å². The second-order valence-electron chi connectivity index (χ2n) is 6.11. The fourth-order valence-electron chi connectivity index (χ4n) is 2.20. The van der Waals surface area contributed by atoms with Gasteiger partial charge in [-0.15, -0.1) is 5.10 Å². The molecule has 8 heteroatoms. The molecule has 1 N–H and O–H groups in total. The van der Waals surface area contributed by atoms with Crippen molar-refractivity contribution in [1.82, 2.24) is 20.2 Å². The van der Waals surface area contributed by atoms with Gasteiger partial charge in [0.15, 0.2) is 0 Å². The Labute approximate surface area is 155 Å². The number of benzene rings is 2. The lowest BCUT2D eigenvalue weighted by molar-refractivity contribution is 0.102. The van der Waals surface area contributed by atoms with Gasteiger partial charge in [0, 0.05) is 11.3 Å². The number of hydrogen-bond acceptors (Lipinski definition) is 5. The zero-order valence-electron chi connectivity index (χ0n) is 14.4. The van der Waals surface area contributed by atoms with Crippen LogP contribution in [0, 0.1) is 5.92 Å². The smallest absolute Gasteiger partial charge is 0.255 e. The number of nitrogens with zero attached hydrogens (tertiary/aromatic N) is 4. The molecule has 1 aromatic heterocycles. The van der Waals surface area contributed by atoms with Crippen LogP contribution < -0.4 is 10.1 Å². The van der Waals surface area contributed by atoms with E-state index in [-0.39, 0.29) is 5.91 Å². The fraction of sp³-hybridized carbons (Fsp3) is 0.222. The molecule has 134 valence electrons. The first kappa shape index (κ1) is 17.9. The van der Waals surface area contributed by atoms with Crippen LogP contribution in [0.3, 0.4) is 0 Å². The summed E-state index contributed by atoms with van der Waals surface area (Å²) in [4.78, 5) is 12.4. The van der Waals surface area contributed by atoms with Gasteiger partial charge in [0.05, 0.1) is 17.3 Å². The number of rotatable bonds is 6. The van der Waals surface area contributed by atoms with Crippen LogP contribution in [0.1, 0.15) is 24.2 Å². The Morgan fingerprint density at radius 1 is 1.23 bits per heavy atom. The minimum absolute atomic E-state index is 0.236. The largest absolute Gasteiger partial charge is 0.492 e. The first-order chi connectivity index (χ1) is 12.5. The number of nitrogens with one attached hydrogen (secondary N) is 1. The van der Waals surface area contributed by atoms with Crippen molar-refractivity contribution >= 4 is 23.2 Å². The fourth-order valence-corrected chi connectivity index (χ4v) is 2.44. The lowest BCUT2D eigenvalue weighted by Gasteiger charge is -2.12. The zero-order chi connectivity index (χ0) is 18.5. The molecule has 0 bridgehead atoms. The molecule has 0 saturated heterocycles. The molecular weight excluding hydrogens is 354 g/mol. The van der Waals surface area contributed by atoms with Gasteiger partial charge in [-0.25, -0.2) is 4.68 Å². The number of ether oxygens (including phenoxy) is 1. The highest BCUT2D eigenvalue weighted by atomic mass is 35.5. The van der Waals surface area contributed by atoms with Crippen LogP contribution in [-0.4, -0.2) is 32.7 Å². The molecule has 0 aliphatic carbocycles. The minimum atomic E-state index is -0.236. The maximum absolute atomic E-state index is 12.4. The summed E-state index contributed by atoms with van der Waals surface area (Å²) in [7, 11) is 0. The molecule has 0 atom stereocenters. The number of hydrogen-bond donors (Lipinski definition) is 1. The van der Waals surface area contributed by atoms with E-state index in [1.807, 2.05) is 0 Å². The summed E-state index contributed by atoms with van der Waals surface area (Å²) < 4.78 is 7.14. The molecular formula is C18H18ClN5O2. The van der Waals surface area contributed by atoms with Gasteiger partial charge < -0.3 is 10.1 Å². The van der Waals surface area contributed by atoms with E-state index in [9.17, 15) is 4.79 Å². The van der Waals surface area contributed by atoms with Gasteiger partial charge in [0.25, 0.3) is 5.91 Å². The predicted molar refractivity (Wildman–Crippen MR) is 98.9 cm³/mol. The highest BCUT2D eigenvalue weighted by molar-refractivity contribution is 6.32. The van der Waals surface area contributed by atoms with Gasteiger partial charge >= 0.3 is 0 Å². The van der Waals surface area contributed by atoms with E-state index in [4.69, 9.17) is 16.3 Å². The highest BCUT2D eigenvalue weighted by Gasteiger charge is 2.09. The van der Waals surface area contributed by atoms with Crippen LogP contribution >= 0.6 is 11.6 Å². The Bertz CT molecular complexity index is 879. The summed E-state index contributed by atoms with van der Waals surface area (Å²) in [6, 6.07) is 12.1. The molecule has 3 rings (SSSR count). The summed E-state index contributed by atoms with van der Waals surface area (Å²) in [5.41, 5.74) is 1.88. The summed E-state index contributed by atoms with van der Waals surface area (Å²) in [6.07, 6.45) is 1.49. The second kappa shape index (κ2) is 7.97. The van der Waals surface area contributed by atoms with Gasteiger partial charge in [-0.1, -0.05) is 25.4 Å². The minimum Gasteiger partial charge on any atom is -0.492 e. The summed E-state index contributed by atoms with van der Waals surface area (Å²) in [5, 5.41) is 14.2. The lowest BCUT2D eigenvalue weighted by Crippen LogP contribution is -2.12. The number of aromatic nitrogens is 4. The van der Waals surface area contributed by atoms with E-state index in [2.05, 4.69) is 34.7 Å². The van der Waals surface area contributed by atoms with Gasteiger partial charge in [0.2, 0.25) is 0 Å². The van der Waals surface area contributed by atoms with Gasteiger partial charge in [-0.05, 0) is 58.8 Å². The van der Waals surface area contributed by atoms with Gasteiger partial charge in [-0.3, -0.25) is 4.79 Å². The maximum Gasteiger partial charge on any atom is 0.255 e. The third kappa shape index (κ3) is 4.37. The Morgan fingerprint density at radius 3 is 2.62 bits per heavy atom. The van der Waals surface area contributed by atoms with Crippen molar-refractivity contribution < 1.29 is 9.53 Å². The lowest BCUT2D eigenvalue weighted by atomic mass is 10.2. The van der Waals surface area contributed by atoms with E-state index in [1.165, 1.54) is 11.0 Å². The standard InChI is InChI=1S/C18H18ClN5O2/c1-12(2)10-26-17-8-5-14(9-16(17)19)21-18(25)13-3-6-15(7-4-13)24-11-20-22-23-24/h3-9,11-12H,10H2,1-2H3,(H,21,25). The van der Waals surface area contributed by atoms with Crippen molar-refractivity contribution in [3.8, 4) is 11.4 Å². The number of tetrazole rings is 1. The summed E-state index contributed by atoms with van der Waals surface area (Å²) in [5.74, 6) is 0.770. The third-order valence-corrected chi connectivity index (χ3v) is 3.80. The number of carbonyl (C=O) groups is 1. The monoisotopic (exact) mass is 371 g/mol. The maximum atomic E-state index is 12.4. The first-order valence-electron chi connectivity index (χ1n) is 8.10. The molecule has 0 aliphatic rings. The molecule has 1 heterocycles. The molecule has 0 fully saturated rings. The van der Waals surface area contributed by atoms with Gasteiger partial charge in [0.1, 0.15) is 12.1 Å². The first-order valence-corrected chi connectivity index (χ1v) is 8.48. The SMILES string of the molecule is CC(C)COc1ccc(NC(=O)c2ccc(-n3cnnn3)cc2)cc1Cl. The molecule has 0 radical (unpaired) electrons. The molecule has 0 unspecified atom stereocenters. The van der Waals surface area contributed by atoms with Crippen molar-refractivity contribution in [3.05, 3.63) is 59.4 Å². The number of carbonyl (C=O) groups excluding carboxylic acids is 1. The molecule has 26 heavy (non-hydrogen) atoms. The summed E-state index contributed by atoms with van der Waals surface area (Å²) >= 11 is 6.22. The predicted octanol–water partition coefficient (Wildman–Crippen LogP) is 3.60. The number of amides is 1. The Morgan fingerprint density at radius 2 is 2.00 bits per heavy atom. The zero-order valence-corrected chi connectivity index (χ0v) is 15.1. The topological polar surface area (TPSA) is 81.9 Å². The van der Waals surface area contributed by atoms with Crippen molar-refractivity contribution in [2.75, 3.05) is 11.9 Å². The van der Waals surface area contributed by atoms with Crippen LogP contribution in [0.2, 0.25) is 5.02 Å². The molecule has 7 nitrogen and oxygen atoms in total. The van der Waals surface area contributed by atoms with Crippen LogP contribution in [0.5, 0.6) is 5.75 Å². The van der Waals surface area contributed by atoms with Crippen LogP contribution in [0.25, 0.3) is 5.69 Å². The van der Waals surface area contributed by atoms with Crippen molar-refractivity contribution in [3.63, 3.8) is 0 Å². The Balaban J connectivity index is 1.67. The van der Waals surface area contributed by atoms with Crippen LogP contribution in [-0.2, 0) is 0 Å². The number of halogens is 1. The van der Waals surface area contributed by atoms with E-state index < -0.39 is 0 Å². The van der Waals surface area contributed by atoms with Crippen molar-refractivity contribution in [1.29, 1.82) is 0 Å². The number of anilines is 1. The van der Waals surface area contributed by atoms with E-state index in [1.54, 1.807) is 42.5 Å². The van der Waals surface area contributed by atoms with Crippen LogP contribution in [0.4, 0.5) is 5.69 Å². The average Bonchev–Trinajstić information content (AvgIpc) is 3.15. The van der Waals surface area contributed by atoms with E-state index >= 15 is 0 Å². The van der Waals surface area contributed by atoms with Crippen molar-refractivity contribution in [2.24, 2.45) is 5.92 Å². The third-order valence-electron chi connectivity index (χ3n) is 3.50. The molecule has 2 aromatic carbocycles. The van der Waals surface area contributed by atoms with Crippen LogP contribution in [0.15, 0.2) is 48.8 Å². The summed E-state index contributed by atoms with van der Waals surface area (Å²) in [6.45, 7) is 4.71. The normalized spacial score (nSPS) is 10.8. The molecule has 0 saturated carbocycles. The van der Waals surface area contributed by atoms with E-state index in [0.29, 0.717) is 34.5 Å². The molecule has 0 spiro atoms. The molecule has 1 amide bonds. The average molecular weight is 372 g/mol.